The van der Waals surface area contributed by atoms with E-state index in [2.05, 4.69) is 185 Å². The summed E-state index contributed by atoms with van der Waals surface area (Å²) in [4.78, 5) is 16.0. The zero-order chi connectivity index (χ0) is 41.4. The Morgan fingerprint density at radius 1 is 0.286 bits per heavy atom. The number of hydrogen-bond acceptors (Lipinski definition) is 4. The molecule has 0 saturated carbocycles. The minimum absolute atomic E-state index is 0.553. The van der Waals surface area contributed by atoms with Crippen LogP contribution in [0, 0.1) is 0 Å². The first-order valence-corrected chi connectivity index (χ1v) is 21.2. The minimum Gasteiger partial charge on any atom is -0.453 e. The number of nitrogens with zero attached hydrogens (tertiary/aromatic N) is 5. The molecule has 0 bridgehead atoms. The van der Waals surface area contributed by atoms with Crippen molar-refractivity contribution in [1.29, 1.82) is 0 Å². The van der Waals surface area contributed by atoms with Crippen molar-refractivity contribution in [3.05, 3.63) is 212 Å². The Morgan fingerprint density at radius 3 is 1.17 bits per heavy atom. The monoisotopic (exact) mass is 805 g/mol. The van der Waals surface area contributed by atoms with E-state index in [0.29, 0.717) is 17.5 Å². The topological polar surface area (TPSA) is 61.7 Å². The van der Waals surface area contributed by atoms with E-state index in [1.54, 1.807) is 0 Å². The summed E-state index contributed by atoms with van der Waals surface area (Å²) in [7, 11) is 0. The zero-order valence-electron chi connectivity index (χ0n) is 33.9. The highest BCUT2D eigenvalue weighted by molar-refractivity contribution is 6.18. The lowest BCUT2D eigenvalue weighted by atomic mass is 10.00. The Morgan fingerprint density at radius 2 is 0.683 bits per heavy atom. The van der Waals surface area contributed by atoms with Crippen molar-refractivity contribution < 1.29 is 4.42 Å². The van der Waals surface area contributed by atoms with Gasteiger partial charge in [-0.05, 0) is 35.9 Å². The molecule has 0 aliphatic carbocycles. The van der Waals surface area contributed by atoms with Gasteiger partial charge in [-0.3, -0.25) is 0 Å². The van der Waals surface area contributed by atoms with E-state index >= 15 is 0 Å². The summed E-state index contributed by atoms with van der Waals surface area (Å²) in [6.45, 7) is 0. The average molecular weight is 806 g/mol. The van der Waals surface area contributed by atoms with Gasteiger partial charge in [-0.15, -0.1) is 0 Å². The van der Waals surface area contributed by atoms with Crippen molar-refractivity contribution in [2.24, 2.45) is 0 Å². The quantitative estimate of drug-likeness (QED) is 0.168. The Balaban J connectivity index is 1.29. The van der Waals surface area contributed by atoms with Crippen molar-refractivity contribution in [2.75, 3.05) is 0 Å². The summed E-state index contributed by atoms with van der Waals surface area (Å²) in [5.41, 5.74) is 12.4. The van der Waals surface area contributed by atoms with E-state index in [0.717, 1.165) is 105 Å². The molecule has 0 N–H and O–H groups in total. The molecule has 0 unspecified atom stereocenters. The van der Waals surface area contributed by atoms with Crippen molar-refractivity contribution >= 4 is 65.6 Å². The second-order valence-corrected chi connectivity index (χ2v) is 15.9. The smallest absolute Gasteiger partial charge is 0.166 e. The lowest BCUT2D eigenvalue weighted by Gasteiger charge is -2.21. The molecule has 4 aromatic heterocycles. The van der Waals surface area contributed by atoms with Crippen molar-refractivity contribution in [3.8, 4) is 56.7 Å². The molecule has 13 aromatic rings. The van der Waals surface area contributed by atoms with Gasteiger partial charge in [0.15, 0.2) is 23.1 Å². The van der Waals surface area contributed by atoms with E-state index in [9.17, 15) is 0 Å². The van der Waals surface area contributed by atoms with Crippen LogP contribution in [0.2, 0.25) is 0 Å². The van der Waals surface area contributed by atoms with Crippen LogP contribution in [0.25, 0.3) is 122 Å². The van der Waals surface area contributed by atoms with Crippen LogP contribution in [-0.4, -0.2) is 24.1 Å². The average Bonchev–Trinajstić information content (AvgIpc) is 4.02. The number of fused-ring (bicyclic) bond motifs is 9. The first kappa shape index (κ1) is 35.2. The molecular formula is C57H35N5O. The zero-order valence-corrected chi connectivity index (χ0v) is 33.9. The van der Waals surface area contributed by atoms with Gasteiger partial charge in [0, 0.05) is 54.6 Å². The molecule has 63 heavy (non-hydrogen) atoms. The predicted molar refractivity (Wildman–Crippen MR) is 258 cm³/mol. The second-order valence-electron chi connectivity index (χ2n) is 15.9. The fourth-order valence-corrected chi connectivity index (χ4v) is 9.61. The van der Waals surface area contributed by atoms with Crippen LogP contribution in [0.1, 0.15) is 0 Å². The first-order chi connectivity index (χ1) is 31.3. The van der Waals surface area contributed by atoms with Gasteiger partial charge in [0.25, 0.3) is 0 Å². The molecule has 4 heterocycles. The maximum atomic E-state index is 7.44. The van der Waals surface area contributed by atoms with Crippen molar-refractivity contribution in [1.82, 2.24) is 24.1 Å². The molecule has 0 aliphatic heterocycles. The molecule has 294 valence electrons. The third-order valence-electron chi connectivity index (χ3n) is 12.4. The van der Waals surface area contributed by atoms with Crippen molar-refractivity contribution in [3.63, 3.8) is 0 Å². The van der Waals surface area contributed by atoms with Gasteiger partial charge < -0.3 is 13.6 Å². The van der Waals surface area contributed by atoms with Gasteiger partial charge >= 0.3 is 0 Å². The fourth-order valence-electron chi connectivity index (χ4n) is 9.61. The van der Waals surface area contributed by atoms with Crippen LogP contribution in [0.3, 0.4) is 0 Å². The predicted octanol–water partition coefficient (Wildman–Crippen LogP) is 14.6. The van der Waals surface area contributed by atoms with Crippen LogP contribution in [0.4, 0.5) is 0 Å². The third-order valence-corrected chi connectivity index (χ3v) is 12.4. The van der Waals surface area contributed by atoms with Crippen LogP contribution < -0.4 is 0 Å². The summed E-state index contributed by atoms with van der Waals surface area (Å²) in [5, 5.41) is 6.56. The third kappa shape index (κ3) is 5.41. The molecule has 0 amide bonds. The molecule has 6 nitrogen and oxygen atoms in total. The number of benzene rings is 9. The lowest BCUT2D eigenvalue weighted by molar-refractivity contribution is 0.667. The van der Waals surface area contributed by atoms with E-state index in [1.807, 2.05) is 36.4 Å². The number of rotatable bonds is 6. The first-order valence-electron chi connectivity index (χ1n) is 21.2. The molecule has 6 heteroatoms. The number of aromatic nitrogens is 5. The highest BCUT2D eigenvalue weighted by Crippen LogP contribution is 2.48. The van der Waals surface area contributed by atoms with Gasteiger partial charge in [-0.2, -0.15) is 0 Å². The van der Waals surface area contributed by atoms with Gasteiger partial charge in [0.05, 0.1) is 27.8 Å². The van der Waals surface area contributed by atoms with Crippen molar-refractivity contribution in [2.45, 2.75) is 0 Å². The van der Waals surface area contributed by atoms with Crippen LogP contribution in [0.15, 0.2) is 217 Å². The van der Waals surface area contributed by atoms with Gasteiger partial charge in [0.2, 0.25) is 0 Å². The van der Waals surface area contributed by atoms with Gasteiger partial charge in [-0.1, -0.05) is 182 Å². The van der Waals surface area contributed by atoms with Gasteiger partial charge in [-0.25, -0.2) is 15.0 Å². The normalized spacial score (nSPS) is 11.8. The molecule has 0 fully saturated rings. The summed E-state index contributed by atoms with van der Waals surface area (Å²) >= 11 is 0. The Labute approximate surface area is 361 Å². The lowest BCUT2D eigenvalue weighted by Crippen LogP contribution is -2.08. The van der Waals surface area contributed by atoms with Gasteiger partial charge in [0.1, 0.15) is 11.3 Å². The van der Waals surface area contributed by atoms with E-state index < -0.39 is 0 Å². The SMILES string of the molecule is c1ccc(-c2nc(-c3ccccc3)nc(-c3cc4c(oc5c(-c6ccccc6)cccc54)c(-n4c5ccccc5c5ccccc54)c3-n3c4ccccc4c4ccccc43)n2)cc1. The van der Waals surface area contributed by atoms with Crippen LogP contribution >= 0.6 is 0 Å². The molecule has 9 aromatic carbocycles. The molecule has 13 rings (SSSR count). The maximum absolute atomic E-state index is 7.44. The summed E-state index contributed by atoms with van der Waals surface area (Å²) < 4.78 is 12.2. The second kappa shape index (κ2) is 14.0. The maximum Gasteiger partial charge on any atom is 0.166 e. The molecule has 0 saturated heterocycles. The Kier molecular flexibility index (Phi) is 7.80. The summed E-state index contributed by atoms with van der Waals surface area (Å²) in [5.74, 6) is 1.74. The summed E-state index contributed by atoms with van der Waals surface area (Å²) in [6, 6.07) is 74.2. The number of hydrogen-bond donors (Lipinski definition) is 0. The molecule has 0 atom stereocenters. The fraction of sp³-hybridized carbons (Fsp3) is 0. The van der Waals surface area contributed by atoms with Crippen LogP contribution in [-0.2, 0) is 0 Å². The molecular weight excluding hydrogens is 771 g/mol. The van der Waals surface area contributed by atoms with E-state index in [1.165, 1.54) is 0 Å². The summed E-state index contributed by atoms with van der Waals surface area (Å²) in [6.07, 6.45) is 0. The number of furan rings is 1. The standard InChI is InChI=1S/C57H35N5O/c1-4-19-36(20-5-1)39-29-18-30-44-45-35-46(57-59-55(37-21-6-2-7-22-37)58-56(60-57)38-23-8-3-9-24-38)51(61-47-31-14-10-25-40(47)41-26-11-15-32-48(41)61)52(54(45)63-53(39)44)62-49-33-16-12-27-42(49)43-28-13-17-34-50(43)62/h1-35H. The van der Waals surface area contributed by atoms with Crippen LogP contribution in [0.5, 0.6) is 0 Å². The van der Waals surface area contributed by atoms with E-state index in [4.69, 9.17) is 19.4 Å². The van der Waals surface area contributed by atoms with E-state index in [-0.39, 0.29) is 0 Å². The number of para-hydroxylation sites is 5. The highest BCUT2D eigenvalue weighted by atomic mass is 16.3. The minimum atomic E-state index is 0.553. The Hall–Kier alpha value is -8.61. The molecule has 0 aliphatic rings. The molecule has 0 spiro atoms. The highest BCUT2D eigenvalue weighted by Gasteiger charge is 2.30. The largest absolute Gasteiger partial charge is 0.453 e. The Bertz CT molecular complexity index is 3740. The molecule has 0 radical (unpaired) electrons.